The molecule has 2 heterocycles. The van der Waals surface area contributed by atoms with Gasteiger partial charge in [0.2, 0.25) is 0 Å². The molecule has 116 valence electrons. The Morgan fingerprint density at radius 2 is 2.00 bits per heavy atom. The normalized spacial score (nSPS) is 17.1. The molecular formula is C13H15F4N3O. The summed E-state index contributed by atoms with van der Waals surface area (Å²) in [6.45, 7) is 1.03. The summed E-state index contributed by atoms with van der Waals surface area (Å²) >= 11 is 0. The van der Waals surface area contributed by atoms with Gasteiger partial charge in [-0.3, -0.25) is 4.79 Å². The molecule has 0 unspecified atom stereocenters. The van der Waals surface area contributed by atoms with E-state index >= 15 is 0 Å². The van der Waals surface area contributed by atoms with Crippen molar-refractivity contribution < 1.29 is 22.4 Å². The van der Waals surface area contributed by atoms with Gasteiger partial charge in [0.05, 0.1) is 0 Å². The van der Waals surface area contributed by atoms with Crippen LogP contribution >= 0.6 is 0 Å². The average Bonchev–Trinajstić information content (AvgIpc) is 2.48. The van der Waals surface area contributed by atoms with Crippen LogP contribution in [-0.4, -0.2) is 42.4 Å². The zero-order valence-electron chi connectivity index (χ0n) is 11.1. The van der Waals surface area contributed by atoms with E-state index in [4.69, 9.17) is 0 Å². The summed E-state index contributed by atoms with van der Waals surface area (Å²) < 4.78 is 49.9. The van der Waals surface area contributed by atoms with Crippen LogP contribution in [0.15, 0.2) is 24.4 Å². The molecule has 2 rings (SSSR count). The number of carbonyl (C=O) groups excluding carboxylic acids is 1. The van der Waals surface area contributed by atoms with Gasteiger partial charge in [-0.25, -0.2) is 13.8 Å². The van der Waals surface area contributed by atoms with Gasteiger partial charge in [0.15, 0.2) is 0 Å². The molecule has 4 nitrogen and oxygen atoms in total. The van der Waals surface area contributed by atoms with Crippen molar-refractivity contribution in [1.82, 2.24) is 10.3 Å². The number of amides is 1. The van der Waals surface area contributed by atoms with Crippen LogP contribution in [0.4, 0.5) is 23.4 Å². The van der Waals surface area contributed by atoms with Gasteiger partial charge in [-0.2, -0.15) is 8.78 Å². The molecule has 0 aromatic carbocycles. The van der Waals surface area contributed by atoms with Gasteiger partial charge in [-0.05, 0) is 25.0 Å². The summed E-state index contributed by atoms with van der Waals surface area (Å²) in [6.07, 6.45) is -1.54. The van der Waals surface area contributed by atoms with Crippen LogP contribution in [0.25, 0.3) is 0 Å². The maximum absolute atomic E-state index is 12.9. The molecule has 1 saturated heterocycles. The highest BCUT2D eigenvalue weighted by molar-refractivity contribution is 5.84. The van der Waals surface area contributed by atoms with Gasteiger partial charge in [0.1, 0.15) is 5.82 Å². The van der Waals surface area contributed by atoms with Crippen molar-refractivity contribution in [3.63, 3.8) is 0 Å². The maximum Gasteiger partial charge on any atom is 0.383 e. The highest BCUT2D eigenvalue weighted by Crippen LogP contribution is 2.24. The van der Waals surface area contributed by atoms with E-state index < -0.39 is 24.3 Å². The predicted octanol–water partition coefficient (Wildman–Crippen LogP) is 2.07. The Balaban J connectivity index is 1.86. The van der Waals surface area contributed by atoms with E-state index in [1.54, 1.807) is 12.3 Å². The Kier molecular flexibility index (Phi) is 4.64. The predicted molar refractivity (Wildman–Crippen MR) is 68.6 cm³/mol. The number of carbonyl (C=O) groups is 1. The first-order chi connectivity index (χ1) is 9.91. The molecule has 1 aromatic rings. The quantitative estimate of drug-likeness (QED) is 0.866. The summed E-state index contributed by atoms with van der Waals surface area (Å²) in [5, 5.41) is 2.00. The minimum Gasteiger partial charge on any atom is -0.356 e. The average molecular weight is 305 g/mol. The second-order valence-electron chi connectivity index (χ2n) is 4.85. The third-order valence-corrected chi connectivity index (χ3v) is 3.38. The van der Waals surface area contributed by atoms with Crippen molar-refractivity contribution in [3.05, 3.63) is 24.4 Å². The number of nitrogens with one attached hydrogen (secondary N) is 1. The lowest BCUT2D eigenvalue weighted by Gasteiger charge is -2.33. The van der Waals surface area contributed by atoms with Crippen molar-refractivity contribution in [2.24, 2.45) is 0 Å². The Hall–Kier alpha value is -1.86. The van der Waals surface area contributed by atoms with E-state index in [0.29, 0.717) is 25.9 Å². The summed E-state index contributed by atoms with van der Waals surface area (Å²) in [6, 6.07) is 4.91. The molecule has 0 radical (unpaired) electrons. The first-order valence-corrected chi connectivity index (χ1v) is 6.54. The van der Waals surface area contributed by atoms with Crippen molar-refractivity contribution in [1.29, 1.82) is 0 Å². The minimum atomic E-state index is -4.64. The molecule has 1 fully saturated rings. The number of piperidine rings is 1. The van der Waals surface area contributed by atoms with Gasteiger partial charge in [-0.1, -0.05) is 6.07 Å². The Morgan fingerprint density at radius 3 is 2.52 bits per heavy atom. The second-order valence-corrected chi connectivity index (χ2v) is 4.85. The monoisotopic (exact) mass is 305 g/mol. The number of aromatic nitrogens is 1. The van der Waals surface area contributed by atoms with Crippen molar-refractivity contribution >= 4 is 11.7 Å². The van der Waals surface area contributed by atoms with E-state index in [1.165, 1.54) is 0 Å². The molecule has 21 heavy (non-hydrogen) atoms. The number of hydrogen-bond acceptors (Lipinski definition) is 3. The third-order valence-electron chi connectivity index (χ3n) is 3.38. The fourth-order valence-corrected chi connectivity index (χ4v) is 2.17. The van der Waals surface area contributed by atoms with Crippen LogP contribution in [0.5, 0.6) is 0 Å². The molecule has 0 bridgehead atoms. The van der Waals surface area contributed by atoms with E-state index in [0.717, 1.165) is 5.82 Å². The standard InChI is InChI=1S/C13H15F4N3O/c14-11(15)13(16,17)12(21)19-9-4-7-20(8-5-9)10-3-1-2-6-18-10/h1-3,6,9,11H,4-5,7-8H2,(H,19,21). The van der Waals surface area contributed by atoms with Gasteiger partial charge in [-0.15, -0.1) is 0 Å². The summed E-state index contributed by atoms with van der Waals surface area (Å²) in [4.78, 5) is 17.3. The van der Waals surface area contributed by atoms with Crippen molar-refractivity contribution in [2.45, 2.75) is 31.2 Å². The summed E-state index contributed by atoms with van der Waals surface area (Å²) in [7, 11) is 0. The van der Waals surface area contributed by atoms with Crippen molar-refractivity contribution in [3.8, 4) is 0 Å². The van der Waals surface area contributed by atoms with Crippen LogP contribution in [0.3, 0.4) is 0 Å². The minimum absolute atomic E-state index is 0.404. The topological polar surface area (TPSA) is 45.2 Å². The lowest BCUT2D eigenvalue weighted by Crippen LogP contribution is -2.52. The molecule has 0 spiro atoms. The number of pyridine rings is 1. The summed E-state index contributed by atoms with van der Waals surface area (Å²) in [5.41, 5.74) is 0. The molecule has 1 aliphatic heterocycles. The lowest BCUT2D eigenvalue weighted by atomic mass is 10.0. The van der Waals surface area contributed by atoms with Gasteiger partial charge < -0.3 is 10.2 Å². The third kappa shape index (κ3) is 3.62. The van der Waals surface area contributed by atoms with E-state index in [-0.39, 0.29) is 0 Å². The number of rotatable bonds is 4. The molecule has 0 atom stereocenters. The van der Waals surface area contributed by atoms with Crippen molar-refractivity contribution in [2.75, 3.05) is 18.0 Å². The molecule has 1 aliphatic rings. The lowest BCUT2D eigenvalue weighted by molar-refractivity contribution is -0.170. The zero-order valence-corrected chi connectivity index (χ0v) is 11.1. The smallest absolute Gasteiger partial charge is 0.356 e. The molecular weight excluding hydrogens is 290 g/mol. The molecule has 1 amide bonds. The zero-order chi connectivity index (χ0) is 15.5. The van der Waals surface area contributed by atoms with Crippen LogP contribution in [0.2, 0.25) is 0 Å². The largest absolute Gasteiger partial charge is 0.383 e. The molecule has 0 saturated carbocycles. The summed E-state index contributed by atoms with van der Waals surface area (Å²) in [5.74, 6) is -5.79. The number of halogens is 4. The highest BCUT2D eigenvalue weighted by atomic mass is 19.3. The SMILES string of the molecule is O=C(NC1CCN(c2ccccn2)CC1)C(F)(F)C(F)F. The number of hydrogen-bond donors (Lipinski definition) is 1. The number of alkyl halides is 4. The van der Waals surface area contributed by atoms with Crippen LogP contribution < -0.4 is 10.2 Å². The fraction of sp³-hybridized carbons (Fsp3) is 0.538. The van der Waals surface area contributed by atoms with E-state index in [1.807, 2.05) is 22.3 Å². The molecule has 8 heteroatoms. The second kappa shape index (κ2) is 6.28. The first-order valence-electron chi connectivity index (χ1n) is 6.54. The first kappa shape index (κ1) is 15.5. The Labute approximate surface area is 119 Å². The maximum atomic E-state index is 12.9. The van der Waals surface area contributed by atoms with Gasteiger partial charge in [0.25, 0.3) is 5.91 Å². The van der Waals surface area contributed by atoms with Gasteiger partial charge in [0, 0.05) is 25.3 Å². The Morgan fingerprint density at radius 1 is 1.33 bits per heavy atom. The molecule has 1 aromatic heterocycles. The number of anilines is 1. The Bertz CT molecular complexity index is 476. The van der Waals surface area contributed by atoms with Crippen LogP contribution in [0.1, 0.15) is 12.8 Å². The van der Waals surface area contributed by atoms with Crippen LogP contribution in [-0.2, 0) is 4.79 Å². The van der Waals surface area contributed by atoms with Gasteiger partial charge >= 0.3 is 12.3 Å². The number of nitrogens with zero attached hydrogens (tertiary/aromatic N) is 2. The highest BCUT2D eigenvalue weighted by Gasteiger charge is 2.49. The van der Waals surface area contributed by atoms with E-state index in [2.05, 4.69) is 4.98 Å². The molecule has 1 N–H and O–H groups in total. The molecule has 0 aliphatic carbocycles. The fourth-order valence-electron chi connectivity index (χ4n) is 2.17. The van der Waals surface area contributed by atoms with E-state index in [9.17, 15) is 22.4 Å². The van der Waals surface area contributed by atoms with Crippen LogP contribution in [0, 0.1) is 0 Å².